The smallest absolute Gasteiger partial charge is 0.337 e. The Morgan fingerprint density at radius 3 is 2.69 bits per heavy atom. The third-order valence-corrected chi connectivity index (χ3v) is 5.89. The Kier molecular flexibility index (Phi) is 5.75. The lowest BCUT2D eigenvalue weighted by Gasteiger charge is -2.16. The van der Waals surface area contributed by atoms with Crippen LogP contribution in [0.3, 0.4) is 0 Å². The van der Waals surface area contributed by atoms with E-state index in [1.54, 1.807) is 22.0 Å². The van der Waals surface area contributed by atoms with Crippen molar-refractivity contribution in [2.75, 3.05) is 16.8 Å². The molecule has 180 valence electrons. The molecule has 0 saturated carbocycles. The second kappa shape index (κ2) is 8.90. The van der Waals surface area contributed by atoms with Gasteiger partial charge in [-0.25, -0.2) is 9.97 Å². The van der Waals surface area contributed by atoms with Gasteiger partial charge in [-0.2, -0.15) is 13.2 Å². The van der Waals surface area contributed by atoms with Crippen LogP contribution in [0.4, 0.5) is 24.8 Å². The van der Waals surface area contributed by atoms with Crippen LogP contribution in [-0.4, -0.2) is 37.5 Å². The van der Waals surface area contributed by atoms with Gasteiger partial charge in [-0.1, -0.05) is 18.2 Å². The Morgan fingerprint density at radius 2 is 1.91 bits per heavy atom. The van der Waals surface area contributed by atoms with Gasteiger partial charge in [-0.3, -0.25) is 19.1 Å². The van der Waals surface area contributed by atoms with Crippen LogP contribution in [0.1, 0.15) is 24.4 Å². The number of nitrogens with zero attached hydrogens (tertiary/aromatic N) is 5. The van der Waals surface area contributed by atoms with Gasteiger partial charge in [0.15, 0.2) is 0 Å². The number of halogens is 3. The van der Waals surface area contributed by atoms with Gasteiger partial charge in [0, 0.05) is 31.2 Å². The van der Waals surface area contributed by atoms with Gasteiger partial charge in [0.1, 0.15) is 6.04 Å². The number of aryl methyl sites for hydroxylation is 1. The van der Waals surface area contributed by atoms with E-state index < -0.39 is 23.7 Å². The van der Waals surface area contributed by atoms with E-state index >= 15 is 0 Å². The first kappa shape index (κ1) is 22.6. The summed E-state index contributed by atoms with van der Waals surface area (Å²) in [5.74, 6) is -0.381. The lowest BCUT2D eigenvalue weighted by Crippen LogP contribution is -2.32. The maximum absolute atomic E-state index is 13.4. The summed E-state index contributed by atoms with van der Waals surface area (Å²) in [6, 6.07) is 10.9. The largest absolute Gasteiger partial charge is 0.416 e. The predicted molar refractivity (Wildman–Crippen MR) is 123 cm³/mol. The second-order valence-corrected chi connectivity index (χ2v) is 8.26. The number of nitrogens with one attached hydrogen (secondary N) is 1. The van der Waals surface area contributed by atoms with E-state index in [1.807, 2.05) is 35.0 Å². The number of para-hydroxylation sites is 2. The van der Waals surface area contributed by atoms with Gasteiger partial charge in [0.05, 0.1) is 29.3 Å². The summed E-state index contributed by atoms with van der Waals surface area (Å²) in [4.78, 5) is 36.4. The molecule has 8 nitrogen and oxygen atoms in total. The standard InChI is InChI=1S/C24H21F3N6O2/c25-24(26,27)16-5-3-6-17(13-16)29-21(34)14-20-22(35)32(11-4-10-31-12-9-28-15-31)23-30-18-7-1-2-8-19(18)33(20)23/h1-3,5-9,12-13,15,20H,4,10-11,14H2,(H,29,34). The molecule has 0 spiro atoms. The molecule has 0 aliphatic carbocycles. The Labute approximate surface area is 198 Å². The van der Waals surface area contributed by atoms with E-state index in [4.69, 9.17) is 0 Å². The number of anilines is 2. The first-order valence-corrected chi connectivity index (χ1v) is 11.0. The second-order valence-electron chi connectivity index (χ2n) is 8.26. The van der Waals surface area contributed by atoms with Crippen molar-refractivity contribution in [1.82, 2.24) is 19.1 Å². The summed E-state index contributed by atoms with van der Waals surface area (Å²) < 4.78 is 42.7. The fourth-order valence-electron chi connectivity index (χ4n) is 4.30. The number of amides is 2. The van der Waals surface area contributed by atoms with Crippen molar-refractivity contribution in [3.05, 3.63) is 72.8 Å². The minimum absolute atomic E-state index is 0.0168. The summed E-state index contributed by atoms with van der Waals surface area (Å²) in [5.41, 5.74) is 0.560. The predicted octanol–water partition coefficient (Wildman–Crippen LogP) is 4.26. The average Bonchev–Trinajstić information content (AvgIpc) is 3.52. The zero-order valence-corrected chi connectivity index (χ0v) is 18.4. The molecule has 1 atom stereocenters. The molecule has 1 unspecified atom stereocenters. The molecule has 0 radical (unpaired) electrons. The Hall–Kier alpha value is -4.15. The Morgan fingerprint density at radius 1 is 1.09 bits per heavy atom. The highest BCUT2D eigenvalue weighted by Crippen LogP contribution is 2.37. The van der Waals surface area contributed by atoms with Crippen molar-refractivity contribution in [3.8, 4) is 0 Å². The van der Waals surface area contributed by atoms with E-state index in [2.05, 4.69) is 15.3 Å². The number of rotatable bonds is 7. The van der Waals surface area contributed by atoms with Crippen LogP contribution < -0.4 is 10.2 Å². The molecule has 3 heterocycles. The van der Waals surface area contributed by atoms with Crippen molar-refractivity contribution in [1.29, 1.82) is 0 Å². The van der Waals surface area contributed by atoms with Gasteiger partial charge in [-0.15, -0.1) is 0 Å². The maximum Gasteiger partial charge on any atom is 0.416 e. The highest BCUT2D eigenvalue weighted by molar-refractivity contribution is 6.05. The van der Waals surface area contributed by atoms with Crippen LogP contribution in [0.5, 0.6) is 0 Å². The minimum atomic E-state index is -4.52. The van der Waals surface area contributed by atoms with Crippen LogP contribution in [0, 0.1) is 0 Å². The molecular formula is C24H21F3N6O2. The molecule has 11 heteroatoms. The fourth-order valence-corrected chi connectivity index (χ4v) is 4.30. The van der Waals surface area contributed by atoms with Crippen LogP contribution in [0.2, 0.25) is 0 Å². The summed E-state index contributed by atoms with van der Waals surface area (Å²) >= 11 is 0. The number of hydrogen-bond acceptors (Lipinski definition) is 4. The summed E-state index contributed by atoms with van der Waals surface area (Å²) in [7, 11) is 0. The molecule has 1 aliphatic rings. The van der Waals surface area contributed by atoms with E-state index in [0.717, 1.165) is 12.1 Å². The number of carbonyl (C=O) groups is 2. The first-order valence-electron chi connectivity index (χ1n) is 11.0. The molecular weight excluding hydrogens is 461 g/mol. The van der Waals surface area contributed by atoms with Gasteiger partial charge >= 0.3 is 6.18 Å². The zero-order chi connectivity index (χ0) is 24.6. The van der Waals surface area contributed by atoms with E-state index in [-0.39, 0.29) is 18.0 Å². The third-order valence-electron chi connectivity index (χ3n) is 5.89. The topological polar surface area (TPSA) is 85.1 Å². The number of aromatic nitrogens is 4. The Balaban J connectivity index is 1.37. The number of carbonyl (C=O) groups excluding carboxylic acids is 2. The highest BCUT2D eigenvalue weighted by atomic mass is 19.4. The van der Waals surface area contributed by atoms with Gasteiger partial charge < -0.3 is 9.88 Å². The maximum atomic E-state index is 13.4. The number of hydrogen-bond donors (Lipinski definition) is 1. The summed E-state index contributed by atoms with van der Waals surface area (Å²) in [6.07, 6.45) is 1.10. The lowest BCUT2D eigenvalue weighted by molar-refractivity contribution is -0.137. The SMILES string of the molecule is O=C(CC1C(=O)N(CCCn2ccnc2)c2nc3ccccc3n21)Nc1cccc(C(F)(F)F)c1. The lowest BCUT2D eigenvalue weighted by atomic mass is 10.1. The normalized spacial score (nSPS) is 15.6. The molecule has 0 fully saturated rings. The molecule has 4 aromatic rings. The van der Waals surface area contributed by atoms with E-state index in [9.17, 15) is 22.8 Å². The molecule has 2 aromatic heterocycles. The van der Waals surface area contributed by atoms with Crippen LogP contribution in [0.25, 0.3) is 11.0 Å². The molecule has 2 amide bonds. The monoisotopic (exact) mass is 482 g/mol. The minimum Gasteiger partial charge on any atom is -0.337 e. The molecule has 0 bridgehead atoms. The first-order chi connectivity index (χ1) is 16.8. The van der Waals surface area contributed by atoms with Crippen LogP contribution in [-0.2, 0) is 22.3 Å². The van der Waals surface area contributed by atoms with Crippen LogP contribution >= 0.6 is 0 Å². The number of imidazole rings is 2. The molecule has 35 heavy (non-hydrogen) atoms. The van der Waals surface area contributed by atoms with Crippen molar-refractivity contribution < 1.29 is 22.8 Å². The number of benzene rings is 2. The molecule has 1 N–H and O–H groups in total. The average molecular weight is 482 g/mol. The van der Waals surface area contributed by atoms with Crippen molar-refractivity contribution >= 4 is 34.5 Å². The zero-order valence-electron chi connectivity index (χ0n) is 18.4. The summed E-state index contributed by atoms with van der Waals surface area (Å²) in [6.45, 7) is 1.05. The van der Waals surface area contributed by atoms with Gasteiger partial charge in [0.25, 0.3) is 5.91 Å². The van der Waals surface area contributed by atoms with Crippen molar-refractivity contribution in [3.63, 3.8) is 0 Å². The fraction of sp³-hybridized carbons (Fsp3) is 0.250. The van der Waals surface area contributed by atoms with Crippen LogP contribution in [0.15, 0.2) is 67.3 Å². The molecule has 1 aliphatic heterocycles. The Bertz CT molecular complexity index is 1380. The molecule has 5 rings (SSSR count). The van der Waals surface area contributed by atoms with Gasteiger partial charge in [0.2, 0.25) is 11.9 Å². The molecule has 2 aromatic carbocycles. The van der Waals surface area contributed by atoms with Gasteiger partial charge in [-0.05, 0) is 36.8 Å². The third kappa shape index (κ3) is 4.48. The molecule has 0 saturated heterocycles. The highest BCUT2D eigenvalue weighted by Gasteiger charge is 2.40. The van der Waals surface area contributed by atoms with Crippen molar-refractivity contribution in [2.45, 2.75) is 31.6 Å². The van der Waals surface area contributed by atoms with E-state index in [1.165, 1.54) is 12.1 Å². The number of fused-ring (bicyclic) bond motifs is 3. The number of alkyl halides is 3. The summed E-state index contributed by atoms with van der Waals surface area (Å²) in [5, 5.41) is 2.50. The van der Waals surface area contributed by atoms with Crippen molar-refractivity contribution in [2.24, 2.45) is 0 Å². The van der Waals surface area contributed by atoms with E-state index in [0.29, 0.717) is 36.5 Å². The quantitative estimate of drug-likeness (QED) is 0.427.